The van der Waals surface area contributed by atoms with E-state index >= 15 is 0 Å². The first-order valence-corrected chi connectivity index (χ1v) is 11.4. The minimum absolute atomic E-state index is 0.139. The number of rotatable bonds is 10. The molecule has 2 aliphatic rings. The highest BCUT2D eigenvalue weighted by Gasteiger charge is 2.37. The molecule has 0 bridgehead atoms. The van der Waals surface area contributed by atoms with Gasteiger partial charge >= 0.3 is 0 Å². The molecule has 0 aromatic heterocycles. The van der Waals surface area contributed by atoms with Crippen molar-refractivity contribution in [3.05, 3.63) is 29.3 Å². The quantitative estimate of drug-likeness (QED) is 0.579. The lowest BCUT2D eigenvalue weighted by Gasteiger charge is -2.35. The van der Waals surface area contributed by atoms with E-state index in [1.807, 2.05) is 12.1 Å². The van der Waals surface area contributed by atoms with Crippen LogP contribution in [0.25, 0.3) is 0 Å². The summed E-state index contributed by atoms with van der Waals surface area (Å²) < 4.78 is 6.41. The highest BCUT2D eigenvalue weighted by atomic mass is 16.5. The molecule has 1 heterocycles. The Morgan fingerprint density at radius 1 is 1.35 bits per heavy atom. The molecule has 1 aliphatic carbocycles. The lowest BCUT2D eigenvalue weighted by atomic mass is 10.1. The van der Waals surface area contributed by atoms with Gasteiger partial charge < -0.3 is 19.7 Å². The van der Waals surface area contributed by atoms with E-state index in [0.717, 1.165) is 43.4 Å². The van der Waals surface area contributed by atoms with Crippen molar-refractivity contribution in [1.82, 2.24) is 15.1 Å². The molecule has 1 aliphatic heterocycles. The molecule has 7 nitrogen and oxygen atoms in total. The highest BCUT2D eigenvalue weighted by molar-refractivity contribution is 6.01. The van der Waals surface area contributed by atoms with Crippen LogP contribution in [-0.4, -0.2) is 65.7 Å². The first kappa shape index (κ1) is 23.3. The molecule has 1 N–H and O–H groups in total. The number of fused-ring (bicyclic) bond motifs is 1. The minimum Gasteiger partial charge on any atom is -0.489 e. The number of hydrogen-bond acceptors (Lipinski definition) is 5. The SMILES string of the molecule is CCN(C(C)C)C1CCCC1Oc1ccc2c(c1)CN(C(CCC=O)C(=O)NC)C2=O. The molecular formula is C24H35N3O4. The van der Waals surface area contributed by atoms with Crippen LogP contribution in [0.15, 0.2) is 18.2 Å². The zero-order chi connectivity index (χ0) is 22.5. The number of nitrogens with one attached hydrogen (secondary N) is 1. The number of nitrogens with zero attached hydrogens (tertiary/aromatic N) is 2. The second-order valence-electron chi connectivity index (χ2n) is 8.70. The van der Waals surface area contributed by atoms with Crippen molar-refractivity contribution in [2.45, 2.75) is 83.6 Å². The summed E-state index contributed by atoms with van der Waals surface area (Å²) in [5, 5.41) is 2.61. The van der Waals surface area contributed by atoms with Gasteiger partial charge in [0.15, 0.2) is 0 Å². The van der Waals surface area contributed by atoms with Gasteiger partial charge in [-0.3, -0.25) is 14.5 Å². The Balaban J connectivity index is 1.75. The van der Waals surface area contributed by atoms with Crippen molar-refractivity contribution >= 4 is 18.1 Å². The Hall–Kier alpha value is -2.41. The van der Waals surface area contributed by atoms with Crippen molar-refractivity contribution in [3.63, 3.8) is 0 Å². The van der Waals surface area contributed by atoms with Gasteiger partial charge in [0.2, 0.25) is 5.91 Å². The summed E-state index contributed by atoms with van der Waals surface area (Å²) in [6.45, 7) is 7.99. The first-order valence-electron chi connectivity index (χ1n) is 11.4. The summed E-state index contributed by atoms with van der Waals surface area (Å²) in [4.78, 5) is 40.2. The average Bonchev–Trinajstić information content (AvgIpc) is 3.33. The number of hydrogen-bond donors (Lipinski definition) is 1. The van der Waals surface area contributed by atoms with Crippen LogP contribution in [-0.2, 0) is 16.1 Å². The molecular weight excluding hydrogens is 394 g/mol. The molecule has 170 valence electrons. The van der Waals surface area contributed by atoms with Gasteiger partial charge in [0.1, 0.15) is 24.2 Å². The van der Waals surface area contributed by atoms with Crippen LogP contribution in [0, 0.1) is 0 Å². The van der Waals surface area contributed by atoms with Gasteiger partial charge in [0.25, 0.3) is 5.91 Å². The van der Waals surface area contributed by atoms with Gasteiger partial charge in [-0.2, -0.15) is 0 Å². The van der Waals surface area contributed by atoms with Crippen LogP contribution in [0.2, 0.25) is 0 Å². The van der Waals surface area contributed by atoms with Crippen molar-refractivity contribution < 1.29 is 19.1 Å². The summed E-state index contributed by atoms with van der Waals surface area (Å²) in [6.07, 6.45) is 4.79. The van der Waals surface area contributed by atoms with E-state index in [0.29, 0.717) is 30.6 Å². The maximum atomic E-state index is 12.9. The Morgan fingerprint density at radius 3 is 2.77 bits per heavy atom. The highest BCUT2D eigenvalue weighted by Crippen LogP contribution is 2.33. The predicted molar refractivity (Wildman–Crippen MR) is 119 cm³/mol. The zero-order valence-corrected chi connectivity index (χ0v) is 19.1. The van der Waals surface area contributed by atoms with Crippen molar-refractivity contribution in [2.24, 2.45) is 0 Å². The van der Waals surface area contributed by atoms with E-state index < -0.39 is 6.04 Å². The third-order valence-corrected chi connectivity index (χ3v) is 6.55. The lowest BCUT2D eigenvalue weighted by molar-refractivity contribution is -0.125. The molecule has 7 heteroatoms. The van der Waals surface area contributed by atoms with E-state index in [9.17, 15) is 14.4 Å². The molecule has 3 rings (SSSR count). The topological polar surface area (TPSA) is 79.0 Å². The van der Waals surface area contributed by atoms with E-state index in [-0.39, 0.29) is 24.3 Å². The number of aldehydes is 1. The van der Waals surface area contributed by atoms with Crippen LogP contribution >= 0.6 is 0 Å². The molecule has 0 radical (unpaired) electrons. The summed E-state index contributed by atoms with van der Waals surface area (Å²) in [5.74, 6) is 0.355. The number of ether oxygens (including phenoxy) is 1. The van der Waals surface area contributed by atoms with Crippen LogP contribution < -0.4 is 10.1 Å². The summed E-state index contributed by atoms with van der Waals surface area (Å²) in [5.41, 5.74) is 1.47. The summed E-state index contributed by atoms with van der Waals surface area (Å²) in [6, 6.07) is 5.83. The number of amides is 2. The van der Waals surface area contributed by atoms with Gasteiger partial charge in [0.05, 0.1) is 0 Å². The number of carbonyl (C=O) groups is 3. The van der Waals surface area contributed by atoms with Crippen molar-refractivity contribution in [1.29, 1.82) is 0 Å². The summed E-state index contributed by atoms with van der Waals surface area (Å²) >= 11 is 0. The molecule has 1 saturated carbocycles. The molecule has 1 aromatic rings. The second kappa shape index (κ2) is 10.3. The fraction of sp³-hybridized carbons (Fsp3) is 0.625. The number of likely N-dealkylation sites (N-methyl/N-ethyl adjacent to an activating group) is 2. The van der Waals surface area contributed by atoms with Gasteiger partial charge in [-0.05, 0) is 69.8 Å². The molecule has 31 heavy (non-hydrogen) atoms. The van der Waals surface area contributed by atoms with E-state index in [4.69, 9.17) is 4.74 Å². The predicted octanol–water partition coefficient (Wildman–Crippen LogP) is 2.77. The minimum atomic E-state index is -0.650. The Labute approximate surface area is 185 Å². The van der Waals surface area contributed by atoms with Gasteiger partial charge in [0, 0.05) is 37.7 Å². The Bertz CT molecular complexity index is 810. The second-order valence-corrected chi connectivity index (χ2v) is 8.70. The average molecular weight is 430 g/mol. The van der Waals surface area contributed by atoms with Crippen LogP contribution in [0.5, 0.6) is 5.75 Å². The fourth-order valence-corrected chi connectivity index (χ4v) is 5.05. The third kappa shape index (κ3) is 4.92. The third-order valence-electron chi connectivity index (χ3n) is 6.55. The van der Waals surface area contributed by atoms with Crippen LogP contribution in [0.3, 0.4) is 0 Å². The van der Waals surface area contributed by atoms with Gasteiger partial charge in [-0.1, -0.05) is 6.92 Å². The maximum absolute atomic E-state index is 12.9. The Kier molecular flexibility index (Phi) is 7.70. The molecule has 1 aromatic carbocycles. The smallest absolute Gasteiger partial charge is 0.255 e. The number of benzene rings is 1. The Morgan fingerprint density at radius 2 is 2.13 bits per heavy atom. The molecule has 1 fully saturated rings. The fourth-order valence-electron chi connectivity index (χ4n) is 5.05. The molecule has 3 unspecified atom stereocenters. The molecule has 0 spiro atoms. The van der Waals surface area contributed by atoms with Crippen molar-refractivity contribution in [2.75, 3.05) is 13.6 Å². The first-order chi connectivity index (χ1) is 14.9. The van der Waals surface area contributed by atoms with E-state index in [1.54, 1.807) is 18.0 Å². The standard InChI is InChI=1S/C24H35N3O4/c1-5-26(16(2)3)20-8-6-10-22(20)31-18-11-12-19-17(14-18)15-27(24(19)30)21(9-7-13-28)23(29)25-4/h11-14,16,20-22H,5-10,15H2,1-4H3,(H,25,29). The monoisotopic (exact) mass is 429 g/mol. The largest absolute Gasteiger partial charge is 0.489 e. The van der Waals surface area contributed by atoms with Crippen molar-refractivity contribution in [3.8, 4) is 5.75 Å². The number of carbonyl (C=O) groups excluding carboxylic acids is 3. The molecule has 2 amide bonds. The van der Waals surface area contributed by atoms with Crippen LogP contribution in [0.1, 0.15) is 68.8 Å². The lowest BCUT2D eigenvalue weighted by Crippen LogP contribution is -2.46. The zero-order valence-electron chi connectivity index (χ0n) is 19.1. The van der Waals surface area contributed by atoms with Crippen LogP contribution in [0.4, 0.5) is 0 Å². The molecule has 0 saturated heterocycles. The van der Waals surface area contributed by atoms with Gasteiger partial charge in [-0.15, -0.1) is 0 Å². The summed E-state index contributed by atoms with van der Waals surface area (Å²) in [7, 11) is 1.55. The molecule has 3 atom stereocenters. The van der Waals surface area contributed by atoms with E-state index in [1.165, 1.54) is 0 Å². The van der Waals surface area contributed by atoms with Gasteiger partial charge in [-0.25, -0.2) is 0 Å². The maximum Gasteiger partial charge on any atom is 0.255 e. The normalized spacial score (nSPS) is 21.5. The van der Waals surface area contributed by atoms with E-state index in [2.05, 4.69) is 31.0 Å².